The molecule has 4 nitrogen and oxygen atoms in total. The van der Waals surface area contributed by atoms with Crippen LogP contribution in [-0.2, 0) is 9.84 Å². The Bertz CT molecular complexity index is 523. The summed E-state index contributed by atoms with van der Waals surface area (Å²) < 4.78 is 24.2. The summed E-state index contributed by atoms with van der Waals surface area (Å²) in [5, 5.41) is 9.29. The molecular weight excluding hydrogens is 250 g/mol. The second-order valence-electron chi connectivity index (χ2n) is 3.91. The van der Waals surface area contributed by atoms with Crippen LogP contribution in [-0.4, -0.2) is 18.8 Å². The van der Waals surface area contributed by atoms with Gasteiger partial charge in [0.2, 0.25) is 0 Å². The van der Waals surface area contributed by atoms with Crippen molar-refractivity contribution in [1.29, 1.82) is 0 Å². The monoisotopic (exact) mass is 261 g/mol. The second-order valence-corrected chi connectivity index (χ2v) is 6.48. The lowest BCUT2D eigenvalue weighted by Crippen LogP contribution is -2.28. The van der Waals surface area contributed by atoms with Crippen LogP contribution in [0.25, 0.3) is 0 Å². The smallest absolute Gasteiger partial charge is 0.186 e. The zero-order chi connectivity index (χ0) is 11.9. The van der Waals surface area contributed by atoms with Crippen molar-refractivity contribution in [3.63, 3.8) is 0 Å². The van der Waals surface area contributed by atoms with E-state index in [0.29, 0.717) is 12.8 Å². The quantitative estimate of drug-likeness (QED) is 0.630. The fourth-order valence-corrected chi connectivity index (χ4v) is 4.17. The molecule has 1 fully saturated rings. The Labute approximate surface area is 98.9 Å². The van der Waals surface area contributed by atoms with E-state index in [4.69, 9.17) is 17.3 Å². The Morgan fingerprint density at radius 3 is 2.50 bits per heavy atom. The van der Waals surface area contributed by atoms with Crippen molar-refractivity contribution in [2.45, 2.75) is 29.4 Å². The molecule has 0 heterocycles. The first kappa shape index (κ1) is 11.5. The maximum atomic E-state index is 12.1. The molecule has 1 aromatic rings. The van der Waals surface area contributed by atoms with Crippen molar-refractivity contribution in [3.8, 4) is 5.75 Å². The van der Waals surface area contributed by atoms with Gasteiger partial charge in [-0.05, 0) is 25.0 Å². The van der Waals surface area contributed by atoms with Crippen LogP contribution < -0.4 is 5.73 Å². The number of phenols is 1. The first-order chi connectivity index (χ1) is 7.44. The fraction of sp³-hybridized carbons (Fsp3) is 0.400. The normalized spacial score (nSPS) is 17.1. The van der Waals surface area contributed by atoms with E-state index >= 15 is 0 Å². The minimum Gasteiger partial charge on any atom is -0.504 e. The largest absolute Gasteiger partial charge is 0.504 e. The van der Waals surface area contributed by atoms with Crippen LogP contribution in [0.1, 0.15) is 19.3 Å². The van der Waals surface area contributed by atoms with Crippen LogP contribution in [0.15, 0.2) is 17.0 Å². The molecule has 0 atom stereocenters. The molecule has 1 saturated carbocycles. The highest BCUT2D eigenvalue weighted by molar-refractivity contribution is 7.92. The van der Waals surface area contributed by atoms with Crippen molar-refractivity contribution >= 4 is 27.1 Å². The lowest BCUT2D eigenvalue weighted by molar-refractivity contribution is 0.450. The average molecular weight is 262 g/mol. The summed E-state index contributed by atoms with van der Waals surface area (Å²) in [5.41, 5.74) is 5.50. The van der Waals surface area contributed by atoms with Crippen LogP contribution >= 0.6 is 11.6 Å². The molecule has 1 aromatic carbocycles. The van der Waals surface area contributed by atoms with Gasteiger partial charge < -0.3 is 10.8 Å². The number of halogens is 1. The van der Waals surface area contributed by atoms with Gasteiger partial charge in [0.05, 0.1) is 16.0 Å². The summed E-state index contributed by atoms with van der Waals surface area (Å²) in [6, 6.07) is 2.78. The zero-order valence-electron chi connectivity index (χ0n) is 8.48. The molecule has 6 heteroatoms. The van der Waals surface area contributed by atoms with E-state index in [2.05, 4.69) is 0 Å². The van der Waals surface area contributed by atoms with Crippen molar-refractivity contribution < 1.29 is 13.5 Å². The van der Waals surface area contributed by atoms with Gasteiger partial charge in [-0.2, -0.15) is 0 Å². The summed E-state index contributed by atoms with van der Waals surface area (Å²) >= 11 is 5.82. The molecule has 88 valence electrons. The number of rotatable bonds is 2. The summed E-state index contributed by atoms with van der Waals surface area (Å²) in [6.45, 7) is 0. The van der Waals surface area contributed by atoms with E-state index in [1.165, 1.54) is 12.1 Å². The Kier molecular flexibility index (Phi) is 2.75. The molecule has 2 rings (SSSR count). The molecule has 0 radical (unpaired) electrons. The SMILES string of the molecule is Nc1ccc(Cl)c(S(=O)(=O)C2CCC2)c1O. The molecule has 0 aliphatic heterocycles. The third kappa shape index (κ3) is 1.64. The summed E-state index contributed by atoms with van der Waals surface area (Å²) in [5.74, 6) is -0.431. The van der Waals surface area contributed by atoms with Crippen LogP contribution in [0.3, 0.4) is 0 Å². The maximum absolute atomic E-state index is 12.1. The highest BCUT2D eigenvalue weighted by Crippen LogP contribution is 2.41. The zero-order valence-corrected chi connectivity index (χ0v) is 10.1. The van der Waals surface area contributed by atoms with Gasteiger partial charge in [-0.3, -0.25) is 0 Å². The standard InChI is InChI=1S/C10H12ClNO3S/c11-7-4-5-8(12)9(13)10(7)16(14,15)6-2-1-3-6/h4-6,13H,1-3,12H2. The third-order valence-corrected chi connectivity index (χ3v) is 5.65. The van der Waals surface area contributed by atoms with E-state index in [-0.39, 0.29) is 15.6 Å². The van der Waals surface area contributed by atoms with Gasteiger partial charge in [0.25, 0.3) is 0 Å². The van der Waals surface area contributed by atoms with Gasteiger partial charge in [0.15, 0.2) is 15.6 Å². The average Bonchev–Trinajstić information content (AvgIpc) is 2.07. The van der Waals surface area contributed by atoms with Gasteiger partial charge in [0, 0.05) is 0 Å². The van der Waals surface area contributed by atoms with Crippen molar-refractivity contribution in [2.24, 2.45) is 0 Å². The van der Waals surface area contributed by atoms with E-state index in [0.717, 1.165) is 6.42 Å². The molecule has 0 unspecified atom stereocenters. The van der Waals surface area contributed by atoms with Gasteiger partial charge in [0.1, 0.15) is 4.90 Å². The molecule has 0 aromatic heterocycles. The molecule has 0 saturated heterocycles. The van der Waals surface area contributed by atoms with E-state index in [9.17, 15) is 13.5 Å². The molecule has 1 aliphatic rings. The molecule has 0 bridgehead atoms. The minimum absolute atomic E-state index is 0.0265. The molecule has 3 N–H and O–H groups in total. The number of sulfone groups is 1. The highest BCUT2D eigenvalue weighted by atomic mass is 35.5. The predicted octanol–water partition coefficient (Wildman–Crippen LogP) is 1.95. The number of anilines is 1. The van der Waals surface area contributed by atoms with Crippen LogP contribution in [0.5, 0.6) is 5.75 Å². The summed E-state index contributed by atoms with van der Waals surface area (Å²) in [4.78, 5) is -0.223. The minimum atomic E-state index is -3.55. The fourth-order valence-electron chi connectivity index (χ4n) is 1.68. The van der Waals surface area contributed by atoms with Crippen molar-refractivity contribution in [3.05, 3.63) is 17.2 Å². The van der Waals surface area contributed by atoms with Crippen LogP contribution in [0, 0.1) is 0 Å². The van der Waals surface area contributed by atoms with Gasteiger partial charge in [-0.25, -0.2) is 8.42 Å². The number of nitrogens with two attached hydrogens (primary N) is 1. The first-order valence-electron chi connectivity index (χ1n) is 4.95. The number of aromatic hydroxyl groups is 1. The Balaban J connectivity index is 2.59. The van der Waals surface area contributed by atoms with E-state index < -0.39 is 20.8 Å². The number of nitrogen functional groups attached to an aromatic ring is 1. The molecule has 0 spiro atoms. The molecular formula is C10H12ClNO3S. The van der Waals surface area contributed by atoms with Gasteiger partial charge in [-0.15, -0.1) is 0 Å². The topological polar surface area (TPSA) is 80.4 Å². The second kappa shape index (κ2) is 3.82. The van der Waals surface area contributed by atoms with Gasteiger partial charge >= 0.3 is 0 Å². The van der Waals surface area contributed by atoms with E-state index in [1.807, 2.05) is 0 Å². The lowest BCUT2D eigenvalue weighted by Gasteiger charge is -2.26. The predicted molar refractivity (Wildman–Crippen MR) is 62.4 cm³/mol. The number of hydrogen-bond donors (Lipinski definition) is 2. The van der Waals surface area contributed by atoms with Crippen LogP contribution in [0.2, 0.25) is 5.02 Å². The highest BCUT2D eigenvalue weighted by Gasteiger charge is 2.36. The Morgan fingerprint density at radius 2 is 2.00 bits per heavy atom. The molecule has 1 aliphatic carbocycles. The number of phenolic OH excluding ortho intramolecular Hbond substituents is 1. The van der Waals surface area contributed by atoms with Crippen LogP contribution in [0.4, 0.5) is 5.69 Å². The molecule has 16 heavy (non-hydrogen) atoms. The maximum Gasteiger partial charge on any atom is 0.186 e. The van der Waals surface area contributed by atoms with E-state index in [1.54, 1.807) is 0 Å². The third-order valence-electron chi connectivity index (χ3n) is 2.89. The summed E-state index contributed by atoms with van der Waals surface area (Å²) in [7, 11) is -3.55. The Morgan fingerprint density at radius 1 is 1.38 bits per heavy atom. The Hall–Kier alpha value is -0.940. The van der Waals surface area contributed by atoms with Crippen molar-refractivity contribution in [1.82, 2.24) is 0 Å². The van der Waals surface area contributed by atoms with Gasteiger partial charge in [-0.1, -0.05) is 18.0 Å². The first-order valence-corrected chi connectivity index (χ1v) is 6.88. The molecule has 0 amide bonds. The number of hydrogen-bond acceptors (Lipinski definition) is 4. The summed E-state index contributed by atoms with van der Waals surface area (Å²) in [6.07, 6.45) is 2.13. The van der Waals surface area contributed by atoms with Crippen molar-refractivity contribution in [2.75, 3.05) is 5.73 Å². The number of benzene rings is 1. The lowest BCUT2D eigenvalue weighted by atomic mass is 10.00.